The van der Waals surface area contributed by atoms with Crippen molar-refractivity contribution in [3.05, 3.63) is 41.1 Å². The molecule has 1 aromatic carbocycles. The molecule has 19 heavy (non-hydrogen) atoms. The quantitative estimate of drug-likeness (QED) is 0.884. The summed E-state index contributed by atoms with van der Waals surface area (Å²) in [4.78, 5) is 15.2. The number of hydrogen-bond acceptors (Lipinski definition) is 2. The molecule has 1 aliphatic carbocycles. The number of ketones is 1. The Morgan fingerprint density at radius 2 is 2.26 bits per heavy atom. The molecule has 0 saturated carbocycles. The Kier molecular flexibility index (Phi) is 3.22. The lowest BCUT2D eigenvalue weighted by Crippen LogP contribution is -2.09. The monoisotopic (exact) mass is 254 g/mol. The molecular formula is C16H18N2O. The van der Waals surface area contributed by atoms with Gasteiger partial charge in [-0.3, -0.25) is 4.79 Å². The second kappa shape index (κ2) is 5.02. The van der Waals surface area contributed by atoms with Crippen LogP contribution in [0.2, 0.25) is 0 Å². The van der Waals surface area contributed by atoms with Gasteiger partial charge in [0.1, 0.15) is 0 Å². The van der Waals surface area contributed by atoms with Gasteiger partial charge in [-0.05, 0) is 43.1 Å². The highest BCUT2D eigenvalue weighted by Gasteiger charge is 2.21. The van der Waals surface area contributed by atoms with Gasteiger partial charge in [0, 0.05) is 23.9 Å². The van der Waals surface area contributed by atoms with E-state index in [1.807, 2.05) is 7.05 Å². The molecular weight excluding hydrogens is 236 g/mol. The molecule has 2 aromatic rings. The van der Waals surface area contributed by atoms with Gasteiger partial charge in [-0.15, -0.1) is 0 Å². The van der Waals surface area contributed by atoms with E-state index in [1.165, 1.54) is 16.5 Å². The molecule has 0 spiro atoms. The Balaban J connectivity index is 2.05. The van der Waals surface area contributed by atoms with Gasteiger partial charge in [-0.2, -0.15) is 0 Å². The Labute approximate surface area is 112 Å². The summed E-state index contributed by atoms with van der Waals surface area (Å²) in [6.07, 6.45) is 6.86. The first kappa shape index (κ1) is 12.2. The fraction of sp³-hybridized carbons (Fsp3) is 0.312. The highest BCUT2D eigenvalue weighted by Crippen LogP contribution is 2.29. The average molecular weight is 254 g/mol. The first-order valence-corrected chi connectivity index (χ1v) is 6.78. The number of fused-ring (bicyclic) bond motifs is 3. The molecule has 0 amide bonds. The molecule has 0 aliphatic heterocycles. The van der Waals surface area contributed by atoms with Crippen LogP contribution in [-0.4, -0.2) is 24.4 Å². The van der Waals surface area contributed by atoms with Gasteiger partial charge in [0.25, 0.3) is 0 Å². The van der Waals surface area contributed by atoms with Crippen molar-refractivity contribution < 1.29 is 4.79 Å². The number of aromatic amines is 1. The maximum absolute atomic E-state index is 11.9. The normalized spacial score (nSPS) is 15.3. The predicted molar refractivity (Wildman–Crippen MR) is 78.5 cm³/mol. The first-order valence-electron chi connectivity index (χ1n) is 6.78. The number of nitrogens with one attached hydrogen (secondary N) is 2. The molecule has 0 atom stereocenters. The number of hydrogen-bond donors (Lipinski definition) is 2. The SMILES string of the molecule is CNCC=Cc1ccc2[nH]c3c(c2c1)CCCC3=O. The third kappa shape index (κ3) is 2.22. The van der Waals surface area contributed by atoms with Crippen LogP contribution in [-0.2, 0) is 6.42 Å². The van der Waals surface area contributed by atoms with Crippen molar-refractivity contribution in [3.63, 3.8) is 0 Å². The summed E-state index contributed by atoms with van der Waals surface area (Å²) in [5.74, 6) is 0.254. The summed E-state index contributed by atoms with van der Waals surface area (Å²) >= 11 is 0. The van der Waals surface area contributed by atoms with Crippen LogP contribution in [0.25, 0.3) is 17.0 Å². The number of benzene rings is 1. The predicted octanol–water partition coefficient (Wildman–Crippen LogP) is 2.92. The molecule has 0 saturated heterocycles. The van der Waals surface area contributed by atoms with Gasteiger partial charge in [-0.25, -0.2) is 0 Å². The van der Waals surface area contributed by atoms with E-state index in [0.29, 0.717) is 6.42 Å². The van der Waals surface area contributed by atoms with Crippen LogP contribution in [0, 0.1) is 0 Å². The van der Waals surface area contributed by atoms with Crippen molar-refractivity contribution in [3.8, 4) is 0 Å². The number of aryl methyl sites for hydroxylation is 1. The summed E-state index contributed by atoms with van der Waals surface area (Å²) in [7, 11) is 1.93. The number of likely N-dealkylation sites (N-methyl/N-ethyl adjacent to an activating group) is 1. The topological polar surface area (TPSA) is 44.9 Å². The second-order valence-electron chi connectivity index (χ2n) is 5.02. The zero-order chi connectivity index (χ0) is 13.2. The molecule has 1 heterocycles. The molecule has 2 N–H and O–H groups in total. The van der Waals surface area contributed by atoms with Gasteiger partial charge in [0.05, 0.1) is 5.69 Å². The number of rotatable bonds is 3. The van der Waals surface area contributed by atoms with Gasteiger partial charge in [0.15, 0.2) is 5.78 Å². The van der Waals surface area contributed by atoms with E-state index in [-0.39, 0.29) is 5.78 Å². The highest BCUT2D eigenvalue weighted by atomic mass is 16.1. The molecule has 1 aliphatic rings. The zero-order valence-corrected chi connectivity index (χ0v) is 11.1. The second-order valence-corrected chi connectivity index (χ2v) is 5.02. The van der Waals surface area contributed by atoms with Gasteiger partial charge in [0.2, 0.25) is 0 Å². The van der Waals surface area contributed by atoms with Crippen LogP contribution in [0.15, 0.2) is 24.3 Å². The van der Waals surface area contributed by atoms with E-state index in [2.05, 4.69) is 40.7 Å². The van der Waals surface area contributed by atoms with E-state index in [4.69, 9.17) is 0 Å². The Morgan fingerprint density at radius 3 is 3.11 bits per heavy atom. The standard InChI is InChI=1S/C16H18N2O/c1-17-9-3-4-11-7-8-14-13(10-11)12-5-2-6-15(19)16(12)18-14/h3-4,7-8,10,17-18H,2,5-6,9H2,1H3. The maximum atomic E-state index is 11.9. The van der Waals surface area contributed by atoms with E-state index in [1.54, 1.807) is 0 Å². The lowest BCUT2D eigenvalue weighted by atomic mass is 9.94. The van der Waals surface area contributed by atoms with Crippen LogP contribution in [0.5, 0.6) is 0 Å². The molecule has 0 radical (unpaired) electrons. The van der Waals surface area contributed by atoms with E-state index >= 15 is 0 Å². The fourth-order valence-corrected chi connectivity index (χ4v) is 2.73. The van der Waals surface area contributed by atoms with Crippen molar-refractivity contribution in [1.82, 2.24) is 10.3 Å². The molecule has 0 unspecified atom stereocenters. The highest BCUT2D eigenvalue weighted by molar-refractivity contribution is 6.03. The fourth-order valence-electron chi connectivity index (χ4n) is 2.73. The Hall–Kier alpha value is -1.87. The Morgan fingerprint density at radius 1 is 1.37 bits per heavy atom. The van der Waals surface area contributed by atoms with Crippen LogP contribution >= 0.6 is 0 Å². The van der Waals surface area contributed by atoms with Crippen molar-refractivity contribution in [1.29, 1.82) is 0 Å². The molecule has 0 bridgehead atoms. The van der Waals surface area contributed by atoms with Crippen LogP contribution < -0.4 is 5.32 Å². The van der Waals surface area contributed by atoms with Crippen LogP contribution in [0.4, 0.5) is 0 Å². The summed E-state index contributed by atoms with van der Waals surface area (Å²) in [5, 5.41) is 4.29. The number of carbonyl (C=O) groups excluding carboxylic acids is 1. The molecule has 3 nitrogen and oxygen atoms in total. The first-order chi connectivity index (χ1) is 9.29. The minimum absolute atomic E-state index is 0.254. The molecule has 3 rings (SSSR count). The number of Topliss-reactive ketones (excluding diaryl/α,β-unsaturated/α-hetero) is 1. The third-order valence-electron chi connectivity index (χ3n) is 3.67. The number of carbonyl (C=O) groups is 1. The lowest BCUT2D eigenvalue weighted by molar-refractivity contribution is 0.0968. The van der Waals surface area contributed by atoms with Gasteiger partial charge < -0.3 is 10.3 Å². The minimum atomic E-state index is 0.254. The van der Waals surface area contributed by atoms with Crippen molar-refractivity contribution in [2.24, 2.45) is 0 Å². The summed E-state index contributed by atoms with van der Waals surface area (Å²) in [6.45, 7) is 0.863. The largest absolute Gasteiger partial charge is 0.352 e. The van der Waals surface area contributed by atoms with E-state index in [0.717, 1.165) is 30.6 Å². The van der Waals surface area contributed by atoms with E-state index in [9.17, 15) is 4.79 Å². The smallest absolute Gasteiger partial charge is 0.179 e. The molecule has 1 aromatic heterocycles. The zero-order valence-electron chi connectivity index (χ0n) is 11.1. The minimum Gasteiger partial charge on any atom is -0.352 e. The van der Waals surface area contributed by atoms with Gasteiger partial charge >= 0.3 is 0 Å². The number of H-pyrrole nitrogens is 1. The third-order valence-corrected chi connectivity index (χ3v) is 3.67. The molecule has 3 heteroatoms. The number of aromatic nitrogens is 1. The summed E-state index contributed by atoms with van der Waals surface area (Å²) in [5.41, 5.74) is 4.29. The Bertz CT molecular complexity index is 652. The van der Waals surface area contributed by atoms with Crippen molar-refractivity contribution >= 4 is 22.8 Å². The van der Waals surface area contributed by atoms with Crippen LogP contribution in [0.1, 0.15) is 34.5 Å². The lowest BCUT2D eigenvalue weighted by Gasteiger charge is -2.09. The molecule has 0 fully saturated rings. The van der Waals surface area contributed by atoms with Crippen LogP contribution in [0.3, 0.4) is 0 Å². The van der Waals surface area contributed by atoms with Gasteiger partial charge in [-0.1, -0.05) is 18.2 Å². The van der Waals surface area contributed by atoms with Crippen molar-refractivity contribution in [2.45, 2.75) is 19.3 Å². The van der Waals surface area contributed by atoms with Crippen molar-refractivity contribution in [2.75, 3.05) is 13.6 Å². The average Bonchev–Trinajstić information content (AvgIpc) is 2.79. The maximum Gasteiger partial charge on any atom is 0.179 e. The summed E-state index contributed by atoms with van der Waals surface area (Å²) < 4.78 is 0. The molecule has 98 valence electrons. The summed E-state index contributed by atoms with van der Waals surface area (Å²) in [6, 6.07) is 6.33. The van der Waals surface area contributed by atoms with E-state index < -0.39 is 0 Å².